The van der Waals surface area contributed by atoms with Crippen molar-refractivity contribution in [1.82, 2.24) is 24.2 Å². The third-order valence-corrected chi connectivity index (χ3v) is 6.09. The van der Waals surface area contributed by atoms with Crippen LogP contribution in [0.3, 0.4) is 0 Å². The van der Waals surface area contributed by atoms with E-state index in [4.69, 9.17) is 0 Å². The van der Waals surface area contributed by atoms with Crippen LogP contribution in [0.2, 0.25) is 0 Å². The molecular formula is C19H23N5OS. The topological polar surface area (TPSA) is 53.7 Å². The predicted molar refractivity (Wildman–Crippen MR) is 102 cm³/mol. The third-order valence-electron chi connectivity index (χ3n) is 5.15. The van der Waals surface area contributed by atoms with Crippen LogP contribution in [0.5, 0.6) is 0 Å². The molecule has 7 heteroatoms. The van der Waals surface area contributed by atoms with E-state index in [2.05, 4.69) is 28.8 Å². The molecule has 0 radical (unpaired) electrons. The van der Waals surface area contributed by atoms with Gasteiger partial charge in [0.25, 0.3) is 5.91 Å². The van der Waals surface area contributed by atoms with Crippen LogP contribution in [0.4, 0.5) is 0 Å². The van der Waals surface area contributed by atoms with Crippen LogP contribution >= 0.6 is 11.3 Å². The standard InChI is InChI=1S/C19H23N5OS/c1-14(16-11-20-13-26-16)22(2)12-15-18(19(25)23-8-5-6-9-23)21-17-7-3-4-10-24(15)17/h3-4,7,10-11,13-14H,5-6,8-9,12H2,1-2H3. The summed E-state index contributed by atoms with van der Waals surface area (Å²) in [4.78, 5) is 27.3. The number of likely N-dealkylation sites (tertiary alicyclic amines) is 1. The van der Waals surface area contributed by atoms with E-state index in [1.807, 2.05) is 45.4 Å². The zero-order chi connectivity index (χ0) is 18.1. The number of amides is 1. The van der Waals surface area contributed by atoms with Crippen molar-refractivity contribution < 1.29 is 4.79 Å². The normalized spacial score (nSPS) is 15.9. The fraction of sp³-hybridized carbons (Fsp3) is 0.421. The smallest absolute Gasteiger partial charge is 0.274 e. The van der Waals surface area contributed by atoms with Gasteiger partial charge >= 0.3 is 0 Å². The maximum absolute atomic E-state index is 13.0. The lowest BCUT2D eigenvalue weighted by molar-refractivity contribution is 0.0785. The Bertz CT molecular complexity index is 898. The van der Waals surface area contributed by atoms with Crippen LogP contribution in [-0.2, 0) is 6.54 Å². The number of hydrogen-bond donors (Lipinski definition) is 0. The number of rotatable bonds is 5. The predicted octanol–water partition coefficient (Wildman–Crippen LogP) is 3.22. The van der Waals surface area contributed by atoms with Gasteiger partial charge in [-0.2, -0.15) is 0 Å². The summed E-state index contributed by atoms with van der Waals surface area (Å²) in [6.45, 7) is 4.48. The Hall–Kier alpha value is -2.25. The summed E-state index contributed by atoms with van der Waals surface area (Å²) in [6, 6.07) is 6.12. The molecule has 1 fully saturated rings. The van der Waals surface area contributed by atoms with Gasteiger partial charge in [-0.05, 0) is 38.9 Å². The molecule has 6 nitrogen and oxygen atoms in total. The fourth-order valence-corrected chi connectivity index (χ4v) is 4.20. The lowest BCUT2D eigenvalue weighted by atomic mass is 10.2. The van der Waals surface area contributed by atoms with Crippen molar-refractivity contribution in [2.75, 3.05) is 20.1 Å². The number of carbonyl (C=O) groups is 1. The molecule has 0 aliphatic carbocycles. The molecule has 3 aromatic rings. The van der Waals surface area contributed by atoms with Crippen molar-refractivity contribution in [1.29, 1.82) is 0 Å². The van der Waals surface area contributed by atoms with Gasteiger partial charge in [-0.25, -0.2) is 4.98 Å². The molecule has 0 saturated carbocycles. The molecule has 1 saturated heterocycles. The van der Waals surface area contributed by atoms with Gasteiger partial charge < -0.3 is 9.30 Å². The Morgan fingerprint density at radius 2 is 2.15 bits per heavy atom. The largest absolute Gasteiger partial charge is 0.337 e. The average Bonchev–Trinajstić information content (AvgIpc) is 3.41. The maximum Gasteiger partial charge on any atom is 0.274 e. The monoisotopic (exact) mass is 369 g/mol. The van der Waals surface area contributed by atoms with Gasteiger partial charge in [0.15, 0.2) is 5.69 Å². The molecule has 1 atom stereocenters. The highest BCUT2D eigenvalue weighted by atomic mass is 32.1. The molecule has 0 spiro atoms. The van der Waals surface area contributed by atoms with Crippen LogP contribution in [0, 0.1) is 0 Å². The van der Waals surface area contributed by atoms with Gasteiger partial charge in [0, 0.05) is 42.9 Å². The number of imidazole rings is 1. The van der Waals surface area contributed by atoms with E-state index < -0.39 is 0 Å². The Balaban J connectivity index is 1.68. The molecule has 0 N–H and O–H groups in total. The zero-order valence-electron chi connectivity index (χ0n) is 15.1. The number of thiazole rings is 1. The Morgan fingerprint density at radius 3 is 2.88 bits per heavy atom. The van der Waals surface area contributed by atoms with E-state index in [0.717, 1.165) is 37.3 Å². The minimum atomic E-state index is 0.0556. The van der Waals surface area contributed by atoms with E-state index in [1.54, 1.807) is 11.3 Å². The van der Waals surface area contributed by atoms with Gasteiger partial charge in [0.1, 0.15) is 5.65 Å². The Kier molecular flexibility index (Phi) is 4.74. The first kappa shape index (κ1) is 17.2. The van der Waals surface area contributed by atoms with E-state index in [0.29, 0.717) is 12.2 Å². The molecule has 1 aliphatic heterocycles. The van der Waals surface area contributed by atoms with Gasteiger partial charge in [-0.15, -0.1) is 11.3 Å². The molecule has 4 rings (SSSR count). The maximum atomic E-state index is 13.0. The molecule has 1 amide bonds. The van der Waals surface area contributed by atoms with Gasteiger partial charge in [-0.1, -0.05) is 6.07 Å². The first-order valence-corrected chi connectivity index (χ1v) is 9.87. The molecule has 136 valence electrons. The molecule has 1 unspecified atom stereocenters. The lowest BCUT2D eigenvalue weighted by Crippen LogP contribution is -2.30. The van der Waals surface area contributed by atoms with Gasteiger partial charge in [-0.3, -0.25) is 14.7 Å². The van der Waals surface area contributed by atoms with E-state index in [9.17, 15) is 4.79 Å². The Morgan fingerprint density at radius 1 is 1.35 bits per heavy atom. The summed E-state index contributed by atoms with van der Waals surface area (Å²) in [5.74, 6) is 0.0556. The van der Waals surface area contributed by atoms with Crippen molar-refractivity contribution in [2.45, 2.75) is 32.4 Å². The van der Waals surface area contributed by atoms with E-state index >= 15 is 0 Å². The van der Waals surface area contributed by atoms with Crippen LogP contribution < -0.4 is 0 Å². The highest BCUT2D eigenvalue weighted by molar-refractivity contribution is 7.09. The first-order chi connectivity index (χ1) is 12.6. The van der Waals surface area contributed by atoms with Crippen LogP contribution in [0.1, 0.15) is 46.9 Å². The number of pyridine rings is 1. The molecular weight excluding hydrogens is 346 g/mol. The third kappa shape index (κ3) is 3.12. The van der Waals surface area contributed by atoms with Gasteiger partial charge in [0.2, 0.25) is 0 Å². The summed E-state index contributed by atoms with van der Waals surface area (Å²) >= 11 is 1.66. The van der Waals surface area contributed by atoms with Crippen molar-refractivity contribution in [3.8, 4) is 0 Å². The zero-order valence-corrected chi connectivity index (χ0v) is 15.9. The highest BCUT2D eigenvalue weighted by Gasteiger charge is 2.27. The quantitative estimate of drug-likeness (QED) is 0.693. The SMILES string of the molecule is CC(c1cncs1)N(C)Cc1c(C(=O)N2CCCC2)nc2ccccn12. The average molecular weight is 369 g/mol. The molecule has 0 bridgehead atoms. The van der Waals surface area contributed by atoms with Crippen molar-refractivity contribution in [2.24, 2.45) is 0 Å². The summed E-state index contributed by atoms with van der Waals surface area (Å²) in [6.07, 6.45) is 6.06. The van der Waals surface area contributed by atoms with Crippen molar-refractivity contribution >= 4 is 22.9 Å². The fourth-order valence-electron chi connectivity index (χ4n) is 3.46. The van der Waals surface area contributed by atoms with Crippen molar-refractivity contribution in [3.05, 3.63) is 52.4 Å². The summed E-state index contributed by atoms with van der Waals surface area (Å²) < 4.78 is 2.04. The molecule has 0 aromatic carbocycles. The second-order valence-electron chi connectivity index (χ2n) is 6.83. The van der Waals surface area contributed by atoms with Crippen LogP contribution in [-0.4, -0.2) is 50.2 Å². The number of carbonyl (C=O) groups excluding carboxylic acids is 1. The number of hydrogen-bond acceptors (Lipinski definition) is 5. The molecule has 4 heterocycles. The highest BCUT2D eigenvalue weighted by Crippen LogP contribution is 2.25. The van der Waals surface area contributed by atoms with E-state index in [-0.39, 0.29) is 11.9 Å². The lowest BCUT2D eigenvalue weighted by Gasteiger charge is -2.24. The minimum Gasteiger partial charge on any atom is -0.337 e. The molecule has 26 heavy (non-hydrogen) atoms. The summed E-state index contributed by atoms with van der Waals surface area (Å²) in [7, 11) is 2.08. The first-order valence-electron chi connectivity index (χ1n) is 8.99. The molecule has 3 aromatic heterocycles. The summed E-state index contributed by atoms with van der Waals surface area (Å²) in [5, 5.41) is 0. The number of nitrogens with zero attached hydrogens (tertiary/aromatic N) is 5. The summed E-state index contributed by atoms with van der Waals surface area (Å²) in [5.41, 5.74) is 4.22. The van der Waals surface area contributed by atoms with E-state index in [1.165, 1.54) is 4.88 Å². The number of fused-ring (bicyclic) bond motifs is 1. The number of aromatic nitrogens is 3. The molecule has 1 aliphatic rings. The van der Waals surface area contributed by atoms with Crippen molar-refractivity contribution in [3.63, 3.8) is 0 Å². The second-order valence-corrected chi connectivity index (χ2v) is 7.75. The second kappa shape index (κ2) is 7.17. The minimum absolute atomic E-state index is 0.0556. The van der Waals surface area contributed by atoms with Crippen LogP contribution in [0.15, 0.2) is 36.1 Å². The Labute approximate surface area is 157 Å². The van der Waals surface area contributed by atoms with Gasteiger partial charge in [0.05, 0.1) is 11.2 Å². The van der Waals surface area contributed by atoms with Crippen LogP contribution in [0.25, 0.3) is 5.65 Å².